The van der Waals surface area contributed by atoms with Gasteiger partial charge >= 0.3 is 0 Å². The van der Waals surface area contributed by atoms with Crippen LogP contribution in [0.2, 0.25) is 0 Å². The summed E-state index contributed by atoms with van der Waals surface area (Å²) in [6.07, 6.45) is 1.56. The highest BCUT2D eigenvalue weighted by atomic mass is 32.2. The normalized spacial score (nSPS) is 13.9. The molecule has 5 N–H and O–H groups in total. The summed E-state index contributed by atoms with van der Waals surface area (Å²) in [5, 5.41) is 8.04. The van der Waals surface area contributed by atoms with Crippen molar-refractivity contribution >= 4 is 33.5 Å². The van der Waals surface area contributed by atoms with E-state index >= 15 is 0 Å². The number of nitrogens with one attached hydrogen (secondary N) is 3. The van der Waals surface area contributed by atoms with Crippen molar-refractivity contribution in [3.05, 3.63) is 35.9 Å². The first-order valence-corrected chi connectivity index (χ1v) is 13.8. The number of nitrogens with zero attached hydrogens (tertiary/aromatic N) is 1. The second-order valence-corrected chi connectivity index (χ2v) is 11.6. The Balaban J connectivity index is 2.82. The zero-order valence-electron chi connectivity index (χ0n) is 21.6. The maximum absolute atomic E-state index is 12.9. The second-order valence-electron chi connectivity index (χ2n) is 9.36. The van der Waals surface area contributed by atoms with Crippen LogP contribution in [-0.4, -0.2) is 87.7 Å². The maximum atomic E-state index is 12.9. The Bertz CT molecular complexity index is 1000. The van der Waals surface area contributed by atoms with E-state index in [9.17, 15) is 27.6 Å². The lowest BCUT2D eigenvalue weighted by Crippen LogP contribution is -2.55. The van der Waals surface area contributed by atoms with Crippen LogP contribution in [0.3, 0.4) is 0 Å². The molecule has 12 heteroatoms. The van der Waals surface area contributed by atoms with Crippen LogP contribution in [0, 0.1) is 5.92 Å². The number of hydrogen-bond donors (Lipinski definition) is 4. The minimum Gasteiger partial charge on any atom is -0.368 e. The summed E-state index contributed by atoms with van der Waals surface area (Å²) >= 11 is 0. The molecule has 0 bridgehead atoms. The quantitative estimate of drug-likeness (QED) is 0.233. The topological polar surface area (TPSA) is 168 Å². The molecule has 0 saturated heterocycles. The fourth-order valence-corrected chi connectivity index (χ4v) is 4.22. The minimum atomic E-state index is -3.37. The predicted molar refractivity (Wildman–Crippen MR) is 137 cm³/mol. The van der Waals surface area contributed by atoms with Crippen molar-refractivity contribution in [2.75, 3.05) is 32.6 Å². The molecule has 202 valence electrons. The molecule has 36 heavy (non-hydrogen) atoms. The average Bonchev–Trinajstić information content (AvgIpc) is 2.78. The fraction of sp³-hybridized carbons (Fsp3) is 0.583. The van der Waals surface area contributed by atoms with Crippen LogP contribution in [0.1, 0.15) is 32.3 Å². The number of carbonyl (C=O) groups is 4. The van der Waals surface area contributed by atoms with Crippen LogP contribution in [0.4, 0.5) is 0 Å². The van der Waals surface area contributed by atoms with Gasteiger partial charge in [0.2, 0.25) is 23.6 Å². The lowest BCUT2D eigenvalue weighted by Gasteiger charge is -2.26. The SMILES string of the molecule is CNC(Cc1ccccc1)C(=O)N(C)CC(=O)NC(CC(C)C)C(=O)NC(CCS(C)(=O)=O)C(N)=O. The Morgan fingerprint density at radius 2 is 1.61 bits per heavy atom. The average molecular weight is 526 g/mol. The van der Waals surface area contributed by atoms with Crippen LogP contribution in [-0.2, 0) is 35.4 Å². The summed E-state index contributed by atoms with van der Waals surface area (Å²) in [5.41, 5.74) is 6.30. The molecular weight excluding hydrogens is 486 g/mol. The molecule has 0 saturated carbocycles. The van der Waals surface area contributed by atoms with Gasteiger partial charge in [-0.25, -0.2) is 8.42 Å². The Kier molecular flexibility index (Phi) is 12.5. The van der Waals surface area contributed by atoms with Crippen LogP contribution in [0.5, 0.6) is 0 Å². The summed E-state index contributed by atoms with van der Waals surface area (Å²) in [6, 6.07) is 6.75. The Morgan fingerprint density at radius 1 is 1.00 bits per heavy atom. The predicted octanol–water partition coefficient (Wildman–Crippen LogP) is -0.789. The van der Waals surface area contributed by atoms with Gasteiger partial charge in [-0.05, 0) is 37.8 Å². The summed E-state index contributed by atoms with van der Waals surface area (Å²) in [6.45, 7) is 3.44. The van der Waals surface area contributed by atoms with Gasteiger partial charge in [-0.1, -0.05) is 44.2 Å². The van der Waals surface area contributed by atoms with Gasteiger partial charge in [0.15, 0.2) is 0 Å². The Morgan fingerprint density at radius 3 is 2.11 bits per heavy atom. The van der Waals surface area contributed by atoms with E-state index in [0.717, 1.165) is 11.8 Å². The van der Waals surface area contributed by atoms with E-state index in [0.29, 0.717) is 6.42 Å². The highest BCUT2D eigenvalue weighted by molar-refractivity contribution is 7.90. The molecule has 0 aromatic heterocycles. The van der Waals surface area contributed by atoms with E-state index in [1.165, 1.54) is 11.9 Å². The van der Waals surface area contributed by atoms with Gasteiger partial charge < -0.3 is 26.6 Å². The van der Waals surface area contributed by atoms with E-state index in [1.54, 1.807) is 7.05 Å². The van der Waals surface area contributed by atoms with E-state index in [2.05, 4.69) is 16.0 Å². The van der Waals surface area contributed by atoms with Crippen molar-refractivity contribution in [1.82, 2.24) is 20.9 Å². The van der Waals surface area contributed by atoms with Gasteiger partial charge in [-0.15, -0.1) is 0 Å². The van der Waals surface area contributed by atoms with Crippen molar-refractivity contribution < 1.29 is 27.6 Å². The first-order valence-electron chi connectivity index (χ1n) is 11.8. The second kappa shape index (κ2) is 14.5. The molecule has 3 unspecified atom stereocenters. The van der Waals surface area contributed by atoms with Crippen LogP contribution in [0.25, 0.3) is 0 Å². The molecule has 0 heterocycles. The van der Waals surface area contributed by atoms with Gasteiger partial charge in [0, 0.05) is 13.3 Å². The molecule has 0 spiro atoms. The number of hydrogen-bond acceptors (Lipinski definition) is 7. The molecule has 3 atom stereocenters. The number of nitrogens with two attached hydrogens (primary N) is 1. The van der Waals surface area contributed by atoms with Crippen LogP contribution in [0.15, 0.2) is 30.3 Å². The standard InChI is InChI=1S/C24H39N5O6S/c1-16(2)13-19(23(32)28-18(22(25)31)11-12-36(5,34)35)27-21(30)15-29(4)24(33)20(26-3)14-17-9-7-6-8-10-17/h6-10,16,18-20,26H,11-15H2,1-5H3,(H2,25,31)(H,27,30)(H,28,32). The van der Waals surface area contributed by atoms with Crippen molar-refractivity contribution in [1.29, 1.82) is 0 Å². The van der Waals surface area contributed by atoms with E-state index < -0.39 is 45.7 Å². The lowest BCUT2D eigenvalue weighted by atomic mass is 10.0. The largest absolute Gasteiger partial charge is 0.368 e. The maximum Gasteiger partial charge on any atom is 0.243 e. The molecule has 0 fully saturated rings. The van der Waals surface area contributed by atoms with Gasteiger partial charge in [-0.3, -0.25) is 19.2 Å². The van der Waals surface area contributed by atoms with Gasteiger partial charge in [0.05, 0.1) is 18.3 Å². The third-order valence-electron chi connectivity index (χ3n) is 5.48. The fourth-order valence-electron chi connectivity index (χ4n) is 3.55. The smallest absolute Gasteiger partial charge is 0.243 e. The van der Waals surface area contributed by atoms with Crippen molar-refractivity contribution in [2.24, 2.45) is 11.7 Å². The molecular formula is C24H39N5O6S. The number of benzene rings is 1. The summed E-state index contributed by atoms with van der Waals surface area (Å²) in [7, 11) is -0.198. The van der Waals surface area contributed by atoms with Gasteiger partial charge in [0.1, 0.15) is 21.9 Å². The van der Waals surface area contributed by atoms with E-state index in [-0.39, 0.29) is 37.0 Å². The Hall–Kier alpha value is -2.99. The molecule has 11 nitrogen and oxygen atoms in total. The first-order chi connectivity index (χ1) is 16.7. The summed E-state index contributed by atoms with van der Waals surface area (Å²) in [4.78, 5) is 51.5. The van der Waals surface area contributed by atoms with E-state index in [4.69, 9.17) is 5.73 Å². The Labute approximate surface area is 213 Å². The van der Waals surface area contributed by atoms with Crippen molar-refractivity contribution in [3.8, 4) is 0 Å². The number of likely N-dealkylation sites (N-methyl/N-ethyl adjacent to an activating group) is 2. The molecule has 1 rings (SSSR count). The summed E-state index contributed by atoms with van der Waals surface area (Å²) < 4.78 is 22.9. The van der Waals surface area contributed by atoms with Gasteiger partial charge in [-0.2, -0.15) is 0 Å². The number of rotatable bonds is 15. The third kappa shape index (κ3) is 11.6. The van der Waals surface area contributed by atoms with Crippen molar-refractivity contribution in [3.63, 3.8) is 0 Å². The van der Waals surface area contributed by atoms with Gasteiger partial charge in [0.25, 0.3) is 0 Å². The molecule has 0 aliphatic rings. The zero-order valence-corrected chi connectivity index (χ0v) is 22.4. The molecule has 0 aliphatic heterocycles. The number of carbonyl (C=O) groups excluding carboxylic acids is 4. The third-order valence-corrected chi connectivity index (χ3v) is 6.46. The highest BCUT2D eigenvalue weighted by Gasteiger charge is 2.28. The molecule has 1 aromatic rings. The monoisotopic (exact) mass is 525 g/mol. The number of primary amides is 1. The first kappa shape index (κ1) is 31.0. The van der Waals surface area contributed by atoms with Crippen LogP contribution >= 0.6 is 0 Å². The minimum absolute atomic E-state index is 0.0167. The lowest BCUT2D eigenvalue weighted by molar-refractivity contribution is -0.137. The van der Waals surface area contributed by atoms with Crippen molar-refractivity contribution in [2.45, 2.75) is 51.2 Å². The van der Waals surface area contributed by atoms with Crippen LogP contribution < -0.4 is 21.7 Å². The van der Waals surface area contributed by atoms with E-state index in [1.807, 2.05) is 44.2 Å². The summed E-state index contributed by atoms with van der Waals surface area (Å²) in [5.74, 6) is -2.67. The number of amides is 4. The zero-order chi connectivity index (χ0) is 27.5. The molecule has 4 amide bonds. The molecule has 1 aromatic carbocycles. The number of sulfone groups is 1. The molecule has 0 radical (unpaired) electrons. The molecule has 0 aliphatic carbocycles. The highest BCUT2D eigenvalue weighted by Crippen LogP contribution is 2.08.